The molecule has 0 amide bonds. The van der Waals surface area contributed by atoms with Gasteiger partial charge in [-0.15, -0.1) is 11.6 Å². The Hall–Kier alpha value is -0.950. The number of pyridine rings is 1. The van der Waals surface area contributed by atoms with E-state index < -0.39 is 10.0 Å². The van der Waals surface area contributed by atoms with E-state index in [1.807, 2.05) is 24.3 Å². The highest BCUT2D eigenvalue weighted by molar-refractivity contribution is 9.10. The molecule has 0 spiro atoms. The summed E-state index contributed by atoms with van der Waals surface area (Å²) >= 11 is 8.90. The van der Waals surface area contributed by atoms with Gasteiger partial charge in [0.05, 0.1) is 0 Å². The zero-order valence-corrected chi connectivity index (χ0v) is 13.5. The molecule has 0 aliphatic carbocycles. The second kappa shape index (κ2) is 6.67. The van der Waals surface area contributed by atoms with Crippen molar-refractivity contribution in [2.75, 3.05) is 0 Å². The van der Waals surface area contributed by atoms with Crippen LogP contribution in [0.3, 0.4) is 0 Å². The molecule has 1 N–H and O–H groups in total. The van der Waals surface area contributed by atoms with Gasteiger partial charge in [-0.3, -0.25) is 4.98 Å². The van der Waals surface area contributed by atoms with E-state index in [-0.39, 0.29) is 11.4 Å². The Morgan fingerprint density at radius 1 is 1.15 bits per heavy atom. The molecule has 2 rings (SSSR count). The number of aromatic nitrogens is 1. The minimum absolute atomic E-state index is 0.129. The van der Waals surface area contributed by atoms with Crippen LogP contribution in [0.1, 0.15) is 11.1 Å². The van der Waals surface area contributed by atoms with Gasteiger partial charge in [-0.05, 0) is 33.1 Å². The third kappa shape index (κ3) is 4.02. The van der Waals surface area contributed by atoms with Crippen molar-refractivity contribution in [2.24, 2.45) is 0 Å². The summed E-state index contributed by atoms with van der Waals surface area (Å²) in [6.07, 6.45) is 2.84. The highest BCUT2D eigenvalue weighted by Gasteiger charge is 2.14. The number of hydrogen-bond acceptors (Lipinski definition) is 3. The van der Waals surface area contributed by atoms with Gasteiger partial charge in [0.25, 0.3) is 0 Å². The minimum atomic E-state index is -3.57. The van der Waals surface area contributed by atoms with Gasteiger partial charge in [0.2, 0.25) is 10.0 Å². The molecule has 0 fully saturated rings. The van der Waals surface area contributed by atoms with E-state index in [1.165, 1.54) is 18.5 Å². The third-order valence-electron chi connectivity index (χ3n) is 2.63. The van der Waals surface area contributed by atoms with Crippen LogP contribution < -0.4 is 4.72 Å². The van der Waals surface area contributed by atoms with Crippen molar-refractivity contribution in [3.05, 3.63) is 58.3 Å². The standard InChI is InChI=1S/C13H12BrClN2O2S/c14-12-5-13(9-16-8-12)20(18,19)17-7-11-3-1-10(6-15)2-4-11/h1-5,8-9,17H,6-7H2. The maximum atomic E-state index is 12.1. The van der Waals surface area contributed by atoms with Crippen LogP contribution in [0.4, 0.5) is 0 Å². The third-order valence-corrected chi connectivity index (χ3v) is 4.74. The first-order valence-electron chi connectivity index (χ1n) is 5.75. The van der Waals surface area contributed by atoms with Crippen LogP contribution in [-0.2, 0) is 22.4 Å². The minimum Gasteiger partial charge on any atom is -0.262 e. The number of rotatable bonds is 5. The van der Waals surface area contributed by atoms with E-state index in [0.29, 0.717) is 10.4 Å². The molecule has 0 saturated carbocycles. The van der Waals surface area contributed by atoms with Gasteiger partial charge in [0.15, 0.2) is 0 Å². The van der Waals surface area contributed by atoms with Crippen molar-refractivity contribution in [3.63, 3.8) is 0 Å². The summed E-state index contributed by atoms with van der Waals surface area (Å²) in [6.45, 7) is 0.220. The fourth-order valence-electron chi connectivity index (χ4n) is 1.55. The van der Waals surface area contributed by atoms with Gasteiger partial charge in [-0.2, -0.15) is 0 Å². The molecule has 20 heavy (non-hydrogen) atoms. The molecular formula is C13H12BrClN2O2S. The van der Waals surface area contributed by atoms with Crippen molar-refractivity contribution in [3.8, 4) is 0 Å². The molecule has 2 aromatic rings. The summed E-state index contributed by atoms with van der Waals surface area (Å²) in [5.74, 6) is 0.440. The fourth-order valence-corrected chi connectivity index (χ4v) is 3.25. The van der Waals surface area contributed by atoms with E-state index in [4.69, 9.17) is 11.6 Å². The quantitative estimate of drug-likeness (QED) is 0.817. The van der Waals surface area contributed by atoms with Crippen LogP contribution >= 0.6 is 27.5 Å². The van der Waals surface area contributed by atoms with Gasteiger partial charge in [-0.25, -0.2) is 13.1 Å². The zero-order chi connectivity index (χ0) is 14.6. The van der Waals surface area contributed by atoms with Gasteiger partial charge in [0.1, 0.15) is 4.90 Å². The summed E-state index contributed by atoms with van der Waals surface area (Å²) in [7, 11) is -3.57. The molecule has 0 saturated heterocycles. The van der Waals surface area contributed by atoms with Crippen LogP contribution in [-0.4, -0.2) is 13.4 Å². The van der Waals surface area contributed by atoms with Crippen LogP contribution in [0, 0.1) is 0 Å². The molecule has 0 bridgehead atoms. The summed E-state index contributed by atoms with van der Waals surface area (Å²) in [5, 5.41) is 0. The van der Waals surface area contributed by atoms with Crippen molar-refractivity contribution in [1.29, 1.82) is 0 Å². The highest BCUT2D eigenvalue weighted by atomic mass is 79.9. The average Bonchev–Trinajstić information content (AvgIpc) is 2.46. The van der Waals surface area contributed by atoms with Crippen molar-refractivity contribution in [1.82, 2.24) is 9.71 Å². The normalized spacial score (nSPS) is 11.5. The molecule has 1 aromatic heterocycles. The molecule has 0 unspecified atom stereocenters. The summed E-state index contributed by atoms with van der Waals surface area (Å²) in [4.78, 5) is 3.98. The molecule has 0 radical (unpaired) electrons. The van der Waals surface area contributed by atoms with E-state index in [0.717, 1.165) is 11.1 Å². The summed E-state index contributed by atoms with van der Waals surface area (Å²) in [6, 6.07) is 8.94. The molecular weight excluding hydrogens is 364 g/mol. The van der Waals surface area contributed by atoms with E-state index in [9.17, 15) is 8.42 Å². The van der Waals surface area contributed by atoms with E-state index >= 15 is 0 Å². The smallest absolute Gasteiger partial charge is 0.242 e. The fraction of sp³-hybridized carbons (Fsp3) is 0.154. The Balaban J connectivity index is 2.09. The van der Waals surface area contributed by atoms with E-state index in [2.05, 4.69) is 25.6 Å². The molecule has 0 aliphatic rings. The first-order chi connectivity index (χ1) is 9.51. The van der Waals surface area contributed by atoms with Gasteiger partial charge in [0, 0.05) is 29.3 Å². The molecule has 106 valence electrons. The Kier molecular flexibility index (Phi) is 5.15. The van der Waals surface area contributed by atoms with Crippen LogP contribution in [0.5, 0.6) is 0 Å². The van der Waals surface area contributed by atoms with E-state index in [1.54, 1.807) is 0 Å². The lowest BCUT2D eigenvalue weighted by Gasteiger charge is -2.07. The Bertz CT molecular complexity index is 690. The topological polar surface area (TPSA) is 59.1 Å². The Morgan fingerprint density at radius 3 is 2.40 bits per heavy atom. The van der Waals surface area contributed by atoms with Crippen molar-refractivity contribution < 1.29 is 8.42 Å². The predicted octanol–water partition coefficient (Wildman–Crippen LogP) is 3.06. The Morgan fingerprint density at radius 2 is 1.80 bits per heavy atom. The number of halogens is 2. The SMILES string of the molecule is O=S(=O)(NCc1ccc(CCl)cc1)c1cncc(Br)c1. The summed E-state index contributed by atoms with van der Waals surface area (Å²) in [5.41, 5.74) is 1.86. The second-order valence-corrected chi connectivity index (χ2v) is 7.06. The molecule has 1 aromatic carbocycles. The first kappa shape index (κ1) is 15.4. The molecule has 7 heteroatoms. The largest absolute Gasteiger partial charge is 0.262 e. The lowest BCUT2D eigenvalue weighted by atomic mass is 10.1. The maximum absolute atomic E-state index is 12.1. The number of benzene rings is 1. The van der Waals surface area contributed by atoms with Crippen LogP contribution in [0.2, 0.25) is 0 Å². The number of nitrogens with one attached hydrogen (secondary N) is 1. The predicted molar refractivity (Wildman–Crippen MR) is 82.0 cm³/mol. The van der Waals surface area contributed by atoms with Gasteiger partial charge >= 0.3 is 0 Å². The second-order valence-electron chi connectivity index (χ2n) is 4.11. The Labute approximate surface area is 131 Å². The molecule has 1 heterocycles. The first-order valence-corrected chi connectivity index (χ1v) is 8.56. The number of hydrogen-bond donors (Lipinski definition) is 1. The zero-order valence-electron chi connectivity index (χ0n) is 10.4. The number of alkyl halides is 1. The lowest BCUT2D eigenvalue weighted by molar-refractivity contribution is 0.581. The summed E-state index contributed by atoms with van der Waals surface area (Å²) < 4.78 is 27.3. The van der Waals surface area contributed by atoms with Crippen LogP contribution in [0.25, 0.3) is 0 Å². The molecule has 0 aliphatic heterocycles. The molecule has 0 atom stereocenters. The number of sulfonamides is 1. The molecule has 4 nitrogen and oxygen atoms in total. The van der Waals surface area contributed by atoms with Crippen molar-refractivity contribution in [2.45, 2.75) is 17.3 Å². The van der Waals surface area contributed by atoms with Crippen LogP contribution in [0.15, 0.2) is 52.1 Å². The highest BCUT2D eigenvalue weighted by Crippen LogP contribution is 2.14. The number of nitrogens with zero attached hydrogens (tertiary/aromatic N) is 1. The monoisotopic (exact) mass is 374 g/mol. The average molecular weight is 376 g/mol. The van der Waals surface area contributed by atoms with Gasteiger partial charge < -0.3 is 0 Å². The lowest BCUT2D eigenvalue weighted by Crippen LogP contribution is -2.23. The van der Waals surface area contributed by atoms with Gasteiger partial charge in [-0.1, -0.05) is 24.3 Å². The maximum Gasteiger partial charge on any atom is 0.242 e. The van der Waals surface area contributed by atoms with Crippen molar-refractivity contribution >= 4 is 37.6 Å².